The molecular formula is C14H19F3N2O2. The van der Waals surface area contributed by atoms with Gasteiger partial charge in [-0.05, 0) is 32.8 Å². The van der Waals surface area contributed by atoms with Crippen molar-refractivity contribution in [1.29, 1.82) is 0 Å². The molecule has 1 saturated heterocycles. The van der Waals surface area contributed by atoms with Crippen LogP contribution >= 0.6 is 0 Å². The maximum atomic E-state index is 12.0. The lowest BCUT2D eigenvalue weighted by molar-refractivity contribution is -0.154. The molecule has 0 saturated carbocycles. The van der Waals surface area contributed by atoms with E-state index in [-0.39, 0.29) is 17.5 Å². The van der Waals surface area contributed by atoms with Gasteiger partial charge in [0.2, 0.25) is 5.88 Å². The SMILES string of the molecule is CC1(C)CC(Nc2ccc(OCC(F)(F)F)nc2)CCO1. The Morgan fingerprint density at radius 3 is 2.76 bits per heavy atom. The molecule has 7 heteroatoms. The maximum absolute atomic E-state index is 12.0. The van der Waals surface area contributed by atoms with Crippen LogP contribution in [0.5, 0.6) is 5.88 Å². The summed E-state index contributed by atoms with van der Waals surface area (Å²) >= 11 is 0. The zero-order chi connectivity index (χ0) is 15.5. The standard InChI is InChI=1S/C14H19F3N2O2/c1-13(2)7-10(5-6-21-13)19-11-3-4-12(18-8-11)20-9-14(15,16)17/h3-4,8,10,19H,5-7,9H2,1-2H3. The van der Waals surface area contributed by atoms with E-state index < -0.39 is 12.8 Å². The molecule has 0 bridgehead atoms. The summed E-state index contributed by atoms with van der Waals surface area (Å²) < 4.78 is 46.3. The maximum Gasteiger partial charge on any atom is 0.422 e. The molecule has 1 N–H and O–H groups in total. The molecule has 118 valence electrons. The van der Waals surface area contributed by atoms with Crippen molar-refractivity contribution < 1.29 is 22.6 Å². The number of halogens is 3. The highest BCUT2D eigenvalue weighted by molar-refractivity contribution is 5.43. The van der Waals surface area contributed by atoms with Gasteiger partial charge in [0, 0.05) is 18.7 Å². The minimum Gasteiger partial charge on any atom is -0.468 e. The van der Waals surface area contributed by atoms with Crippen molar-refractivity contribution >= 4 is 5.69 Å². The third-order valence-electron chi connectivity index (χ3n) is 3.19. The number of alkyl halides is 3. The van der Waals surface area contributed by atoms with E-state index in [9.17, 15) is 13.2 Å². The lowest BCUT2D eigenvalue weighted by Gasteiger charge is -2.36. The molecule has 1 aromatic rings. The Morgan fingerprint density at radius 1 is 1.43 bits per heavy atom. The second kappa shape index (κ2) is 6.09. The highest BCUT2D eigenvalue weighted by Crippen LogP contribution is 2.26. The Kier molecular flexibility index (Phi) is 4.61. The second-order valence-electron chi connectivity index (χ2n) is 5.73. The molecule has 1 aliphatic heterocycles. The second-order valence-corrected chi connectivity index (χ2v) is 5.73. The first-order valence-corrected chi connectivity index (χ1v) is 6.80. The highest BCUT2D eigenvalue weighted by atomic mass is 19.4. The van der Waals surface area contributed by atoms with E-state index in [0.29, 0.717) is 6.61 Å². The van der Waals surface area contributed by atoms with Crippen LogP contribution in [0.15, 0.2) is 18.3 Å². The summed E-state index contributed by atoms with van der Waals surface area (Å²) in [5.74, 6) is -0.0369. The fourth-order valence-electron chi connectivity index (χ4n) is 2.30. The predicted octanol–water partition coefficient (Wildman–Crippen LogP) is 3.39. The smallest absolute Gasteiger partial charge is 0.422 e. The molecule has 2 heterocycles. The van der Waals surface area contributed by atoms with Gasteiger partial charge in [0.1, 0.15) is 0 Å². The van der Waals surface area contributed by atoms with Gasteiger partial charge < -0.3 is 14.8 Å². The Morgan fingerprint density at radius 2 is 2.19 bits per heavy atom. The van der Waals surface area contributed by atoms with Crippen LogP contribution in [0.2, 0.25) is 0 Å². The largest absolute Gasteiger partial charge is 0.468 e. The van der Waals surface area contributed by atoms with Gasteiger partial charge in [0.15, 0.2) is 6.61 Å². The summed E-state index contributed by atoms with van der Waals surface area (Å²) in [6.45, 7) is 3.42. The lowest BCUT2D eigenvalue weighted by atomic mass is 9.94. The lowest BCUT2D eigenvalue weighted by Crippen LogP contribution is -2.40. The first kappa shape index (κ1) is 15.9. The van der Waals surface area contributed by atoms with Crippen LogP contribution in [0.3, 0.4) is 0 Å². The zero-order valence-electron chi connectivity index (χ0n) is 12.0. The first-order chi connectivity index (χ1) is 9.73. The number of rotatable bonds is 4. The Hall–Kier alpha value is -1.50. The summed E-state index contributed by atoms with van der Waals surface area (Å²) in [6, 6.07) is 3.36. The molecule has 21 heavy (non-hydrogen) atoms. The molecule has 2 rings (SSSR count). The topological polar surface area (TPSA) is 43.4 Å². The number of hydrogen-bond donors (Lipinski definition) is 1. The van der Waals surface area contributed by atoms with E-state index in [1.165, 1.54) is 12.3 Å². The third kappa shape index (κ3) is 5.41. The van der Waals surface area contributed by atoms with Crippen LogP contribution in [0, 0.1) is 0 Å². The number of anilines is 1. The van der Waals surface area contributed by atoms with Gasteiger partial charge in [-0.2, -0.15) is 13.2 Å². The average molecular weight is 304 g/mol. The molecule has 4 nitrogen and oxygen atoms in total. The molecule has 0 radical (unpaired) electrons. The Bertz CT molecular complexity index is 460. The Labute approximate surface area is 121 Å². The van der Waals surface area contributed by atoms with E-state index >= 15 is 0 Å². The number of ether oxygens (including phenoxy) is 2. The van der Waals surface area contributed by atoms with Crippen molar-refractivity contribution in [2.24, 2.45) is 0 Å². The summed E-state index contributed by atoms with van der Waals surface area (Å²) in [7, 11) is 0. The average Bonchev–Trinajstić information content (AvgIpc) is 2.36. The number of pyridine rings is 1. The number of aromatic nitrogens is 1. The number of nitrogens with one attached hydrogen (secondary N) is 1. The molecule has 1 fully saturated rings. The van der Waals surface area contributed by atoms with E-state index in [1.54, 1.807) is 6.07 Å². The summed E-state index contributed by atoms with van der Waals surface area (Å²) in [5, 5.41) is 3.32. The van der Waals surface area contributed by atoms with Crippen LogP contribution in [0.4, 0.5) is 18.9 Å². The van der Waals surface area contributed by atoms with Gasteiger partial charge in [-0.3, -0.25) is 0 Å². The number of nitrogens with zero attached hydrogens (tertiary/aromatic N) is 1. The van der Waals surface area contributed by atoms with E-state index in [4.69, 9.17) is 4.74 Å². The van der Waals surface area contributed by atoms with Crippen molar-refractivity contribution in [2.75, 3.05) is 18.5 Å². The van der Waals surface area contributed by atoms with Crippen LogP contribution in [0.25, 0.3) is 0 Å². The van der Waals surface area contributed by atoms with E-state index in [2.05, 4.69) is 15.0 Å². The predicted molar refractivity (Wildman–Crippen MR) is 72.5 cm³/mol. The quantitative estimate of drug-likeness (QED) is 0.926. The van der Waals surface area contributed by atoms with Gasteiger partial charge in [0.05, 0.1) is 17.5 Å². The van der Waals surface area contributed by atoms with Crippen LogP contribution in [0.1, 0.15) is 26.7 Å². The fraction of sp³-hybridized carbons (Fsp3) is 0.643. The molecule has 0 aromatic carbocycles. The molecule has 1 atom stereocenters. The summed E-state index contributed by atoms with van der Waals surface area (Å²) in [6.07, 6.45) is -1.13. The van der Waals surface area contributed by atoms with Crippen molar-refractivity contribution in [1.82, 2.24) is 4.98 Å². The van der Waals surface area contributed by atoms with Gasteiger partial charge in [-0.25, -0.2) is 4.98 Å². The van der Waals surface area contributed by atoms with Crippen molar-refractivity contribution in [3.63, 3.8) is 0 Å². The molecule has 0 spiro atoms. The minimum absolute atomic E-state index is 0.0369. The van der Waals surface area contributed by atoms with Crippen LogP contribution < -0.4 is 10.1 Å². The third-order valence-corrected chi connectivity index (χ3v) is 3.19. The van der Waals surface area contributed by atoms with Crippen molar-refractivity contribution in [2.45, 2.75) is 44.5 Å². The first-order valence-electron chi connectivity index (χ1n) is 6.80. The van der Waals surface area contributed by atoms with Gasteiger partial charge in [0.25, 0.3) is 0 Å². The van der Waals surface area contributed by atoms with Crippen molar-refractivity contribution in [3.8, 4) is 5.88 Å². The van der Waals surface area contributed by atoms with Gasteiger partial charge >= 0.3 is 6.18 Å². The molecular weight excluding hydrogens is 285 g/mol. The monoisotopic (exact) mass is 304 g/mol. The van der Waals surface area contributed by atoms with Gasteiger partial charge in [-0.1, -0.05) is 0 Å². The molecule has 1 unspecified atom stereocenters. The number of hydrogen-bond acceptors (Lipinski definition) is 4. The van der Waals surface area contributed by atoms with Crippen LogP contribution in [-0.2, 0) is 4.74 Å². The Balaban J connectivity index is 1.87. The molecule has 1 aromatic heterocycles. The summed E-state index contributed by atoms with van der Waals surface area (Å²) in [4.78, 5) is 3.87. The van der Waals surface area contributed by atoms with Crippen LogP contribution in [-0.4, -0.2) is 36.0 Å². The zero-order valence-corrected chi connectivity index (χ0v) is 12.0. The fourth-order valence-corrected chi connectivity index (χ4v) is 2.30. The normalized spacial score (nSPS) is 21.9. The van der Waals surface area contributed by atoms with Gasteiger partial charge in [-0.15, -0.1) is 0 Å². The molecule has 0 aliphatic carbocycles. The molecule has 0 amide bonds. The minimum atomic E-state index is -4.35. The highest BCUT2D eigenvalue weighted by Gasteiger charge is 2.29. The summed E-state index contributed by atoms with van der Waals surface area (Å²) in [5.41, 5.74) is 0.594. The van der Waals surface area contributed by atoms with E-state index in [1.807, 2.05) is 13.8 Å². The van der Waals surface area contributed by atoms with Crippen molar-refractivity contribution in [3.05, 3.63) is 18.3 Å². The molecule has 1 aliphatic rings. The van der Waals surface area contributed by atoms with E-state index in [0.717, 1.165) is 18.5 Å².